The zero-order valence-electron chi connectivity index (χ0n) is 9.14. The number of nitrogens with one attached hydrogen (secondary N) is 1. The van der Waals surface area contributed by atoms with Crippen molar-refractivity contribution in [3.05, 3.63) is 35.4 Å². The van der Waals surface area contributed by atoms with Crippen molar-refractivity contribution < 1.29 is 0 Å². The average molecular weight is 189 g/mol. The van der Waals surface area contributed by atoms with Crippen molar-refractivity contribution in [3.63, 3.8) is 0 Å². The van der Waals surface area contributed by atoms with Gasteiger partial charge in [-0.05, 0) is 43.9 Å². The molecule has 1 nitrogen and oxygen atoms in total. The van der Waals surface area contributed by atoms with Gasteiger partial charge in [0.05, 0.1) is 0 Å². The third kappa shape index (κ3) is 1.98. The van der Waals surface area contributed by atoms with Crippen LogP contribution < -0.4 is 5.32 Å². The highest BCUT2D eigenvalue weighted by Gasteiger charge is 2.30. The van der Waals surface area contributed by atoms with Crippen LogP contribution in [0.3, 0.4) is 0 Å². The number of benzene rings is 1. The Morgan fingerprint density at radius 3 is 2.21 bits per heavy atom. The van der Waals surface area contributed by atoms with Crippen LogP contribution in [0.4, 0.5) is 0 Å². The molecule has 1 heteroatoms. The predicted octanol–water partition coefficient (Wildman–Crippen LogP) is 2.54. The van der Waals surface area contributed by atoms with E-state index in [0.29, 0.717) is 5.54 Å². The molecule has 0 radical (unpaired) electrons. The molecule has 1 aliphatic heterocycles. The molecule has 14 heavy (non-hydrogen) atoms. The monoisotopic (exact) mass is 189 g/mol. The van der Waals surface area contributed by atoms with Crippen LogP contribution in [0.1, 0.15) is 31.4 Å². The van der Waals surface area contributed by atoms with Crippen LogP contribution in [-0.2, 0) is 12.8 Å². The van der Waals surface area contributed by atoms with Crippen LogP contribution in [0.25, 0.3) is 0 Å². The molecule has 0 amide bonds. The molecular formula is C13H19N. The number of rotatable bonds is 3. The first-order valence-corrected chi connectivity index (χ1v) is 5.55. The molecular weight excluding hydrogens is 170 g/mol. The Morgan fingerprint density at radius 2 is 1.79 bits per heavy atom. The van der Waals surface area contributed by atoms with Gasteiger partial charge >= 0.3 is 0 Å². The van der Waals surface area contributed by atoms with Crippen molar-refractivity contribution in [2.45, 2.75) is 38.6 Å². The van der Waals surface area contributed by atoms with Crippen LogP contribution in [0.5, 0.6) is 0 Å². The summed E-state index contributed by atoms with van der Waals surface area (Å²) < 4.78 is 0. The fourth-order valence-electron chi connectivity index (χ4n) is 2.05. The van der Waals surface area contributed by atoms with E-state index >= 15 is 0 Å². The van der Waals surface area contributed by atoms with Crippen LogP contribution in [0.2, 0.25) is 0 Å². The topological polar surface area (TPSA) is 12.0 Å². The first-order chi connectivity index (χ1) is 6.72. The van der Waals surface area contributed by atoms with E-state index in [1.807, 2.05) is 0 Å². The van der Waals surface area contributed by atoms with Crippen molar-refractivity contribution in [1.29, 1.82) is 0 Å². The molecule has 1 aromatic carbocycles. The smallest absolute Gasteiger partial charge is 0.0205 e. The molecule has 1 saturated heterocycles. The van der Waals surface area contributed by atoms with Crippen LogP contribution in [0, 0.1) is 0 Å². The third-order valence-corrected chi connectivity index (χ3v) is 3.25. The fourth-order valence-corrected chi connectivity index (χ4v) is 2.05. The number of aryl methyl sites for hydroxylation is 1. The number of hydrogen-bond acceptors (Lipinski definition) is 1. The first kappa shape index (κ1) is 9.72. The van der Waals surface area contributed by atoms with Gasteiger partial charge in [-0.3, -0.25) is 0 Å². The molecule has 0 bridgehead atoms. The van der Waals surface area contributed by atoms with Crippen molar-refractivity contribution in [2.24, 2.45) is 0 Å². The lowest BCUT2D eigenvalue weighted by molar-refractivity contribution is 0.231. The maximum Gasteiger partial charge on any atom is 0.0205 e. The molecule has 1 unspecified atom stereocenters. The van der Waals surface area contributed by atoms with E-state index in [0.717, 1.165) is 12.8 Å². The molecule has 1 fully saturated rings. The largest absolute Gasteiger partial charge is 0.311 e. The van der Waals surface area contributed by atoms with Crippen molar-refractivity contribution in [2.75, 3.05) is 6.54 Å². The number of hydrogen-bond donors (Lipinski definition) is 1. The molecule has 0 aliphatic carbocycles. The highest BCUT2D eigenvalue weighted by molar-refractivity contribution is 5.24. The maximum atomic E-state index is 3.50. The summed E-state index contributed by atoms with van der Waals surface area (Å²) in [5, 5.41) is 3.50. The summed E-state index contributed by atoms with van der Waals surface area (Å²) in [6, 6.07) is 9.03. The quantitative estimate of drug-likeness (QED) is 0.770. The molecule has 0 saturated carbocycles. The Hall–Kier alpha value is -0.820. The Labute approximate surface area is 86.5 Å². The van der Waals surface area contributed by atoms with Gasteiger partial charge in [0, 0.05) is 5.54 Å². The van der Waals surface area contributed by atoms with Crippen LogP contribution in [-0.4, -0.2) is 12.1 Å². The maximum absolute atomic E-state index is 3.50. The molecule has 1 atom stereocenters. The zero-order chi connectivity index (χ0) is 10.0. The fraction of sp³-hybridized carbons (Fsp3) is 0.538. The van der Waals surface area contributed by atoms with Gasteiger partial charge in [0.25, 0.3) is 0 Å². The third-order valence-electron chi connectivity index (χ3n) is 3.25. The van der Waals surface area contributed by atoms with Gasteiger partial charge in [-0.1, -0.05) is 31.2 Å². The summed E-state index contributed by atoms with van der Waals surface area (Å²) in [6.07, 6.45) is 3.61. The minimum atomic E-state index is 0.369. The SMILES string of the molecule is CCc1ccc(CC2(C)CCN2)cc1. The standard InChI is InChI=1S/C13H19N/c1-3-11-4-6-12(7-5-11)10-13(2)8-9-14-13/h4-7,14H,3,8-10H2,1-2H3. The molecule has 76 valence electrons. The average Bonchev–Trinajstić information content (AvgIpc) is 2.17. The summed E-state index contributed by atoms with van der Waals surface area (Å²) in [5.41, 5.74) is 3.26. The van der Waals surface area contributed by atoms with Crippen molar-refractivity contribution >= 4 is 0 Å². The van der Waals surface area contributed by atoms with Crippen LogP contribution in [0.15, 0.2) is 24.3 Å². The summed E-state index contributed by atoms with van der Waals surface area (Å²) >= 11 is 0. The van der Waals surface area contributed by atoms with E-state index in [-0.39, 0.29) is 0 Å². The molecule has 1 aromatic rings. The van der Waals surface area contributed by atoms with E-state index in [1.54, 1.807) is 0 Å². The van der Waals surface area contributed by atoms with Gasteiger partial charge in [-0.25, -0.2) is 0 Å². The molecule has 2 rings (SSSR count). The molecule has 0 spiro atoms. The normalized spacial score (nSPS) is 25.9. The van der Waals surface area contributed by atoms with E-state index in [2.05, 4.69) is 43.4 Å². The minimum absolute atomic E-state index is 0.369. The predicted molar refractivity (Wildman–Crippen MR) is 60.5 cm³/mol. The minimum Gasteiger partial charge on any atom is -0.311 e. The Bertz CT molecular complexity index is 296. The van der Waals surface area contributed by atoms with Gasteiger partial charge < -0.3 is 5.32 Å². The Kier molecular flexibility index (Phi) is 2.60. The van der Waals surface area contributed by atoms with E-state index < -0.39 is 0 Å². The summed E-state index contributed by atoms with van der Waals surface area (Å²) in [4.78, 5) is 0. The zero-order valence-corrected chi connectivity index (χ0v) is 9.14. The summed E-state index contributed by atoms with van der Waals surface area (Å²) in [7, 11) is 0. The van der Waals surface area contributed by atoms with E-state index in [9.17, 15) is 0 Å². The first-order valence-electron chi connectivity index (χ1n) is 5.55. The van der Waals surface area contributed by atoms with Crippen molar-refractivity contribution in [1.82, 2.24) is 5.32 Å². The molecule has 1 aliphatic rings. The van der Waals surface area contributed by atoms with E-state index in [1.165, 1.54) is 24.1 Å². The second-order valence-electron chi connectivity index (χ2n) is 4.58. The lowest BCUT2D eigenvalue weighted by Crippen LogP contribution is -2.55. The van der Waals surface area contributed by atoms with Gasteiger partial charge in [-0.15, -0.1) is 0 Å². The second kappa shape index (κ2) is 3.74. The van der Waals surface area contributed by atoms with Gasteiger partial charge in [0.2, 0.25) is 0 Å². The van der Waals surface area contributed by atoms with Crippen LogP contribution >= 0.6 is 0 Å². The van der Waals surface area contributed by atoms with E-state index in [4.69, 9.17) is 0 Å². The Morgan fingerprint density at radius 1 is 1.21 bits per heavy atom. The molecule has 0 aromatic heterocycles. The summed E-state index contributed by atoms with van der Waals surface area (Å²) in [5.74, 6) is 0. The highest BCUT2D eigenvalue weighted by atomic mass is 15.0. The second-order valence-corrected chi connectivity index (χ2v) is 4.58. The van der Waals surface area contributed by atoms with Crippen molar-refractivity contribution in [3.8, 4) is 0 Å². The molecule has 1 heterocycles. The van der Waals surface area contributed by atoms with Gasteiger partial charge in [0.15, 0.2) is 0 Å². The lowest BCUT2D eigenvalue weighted by Gasteiger charge is -2.40. The molecule has 1 N–H and O–H groups in total. The highest BCUT2D eigenvalue weighted by Crippen LogP contribution is 2.23. The Balaban J connectivity index is 2.02. The lowest BCUT2D eigenvalue weighted by atomic mass is 9.84. The van der Waals surface area contributed by atoms with Gasteiger partial charge in [-0.2, -0.15) is 0 Å². The summed E-state index contributed by atoms with van der Waals surface area (Å²) in [6.45, 7) is 5.69. The van der Waals surface area contributed by atoms with Gasteiger partial charge in [0.1, 0.15) is 0 Å².